The van der Waals surface area contributed by atoms with E-state index in [0.29, 0.717) is 12.0 Å². The van der Waals surface area contributed by atoms with Gasteiger partial charge in [0.2, 0.25) is 0 Å². The van der Waals surface area contributed by atoms with Crippen molar-refractivity contribution in [1.82, 2.24) is 5.32 Å². The first-order valence-corrected chi connectivity index (χ1v) is 7.90. The molecule has 0 saturated carbocycles. The van der Waals surface area contributed by atoms with Crippen LogP contribution in [0.4, 0.5) is 0 Å². The summed E-state index contributed by atoms with van der Waals surface area (Å²) in [4.78, 5) is 0. The molecule has 1 atom stereocenters. The minimum atomic E-state index is 0.375. The second-order valence-corrected chi connectivity index (χ2v) is 6.37. The van der Waals surface area contributed by atoms with E-state index in [2.05, 4.69) is 74.6 Å². The second kappa shape index (κ2) is 7.42. The molecule has 0 amide bonds. The van der Waals surface area contributed by atoms with Crippen molar-refractivity contribution in [1.29, 1.82) is 0 Å². The van der Waals surface area contributed by atoms with Crippen LogP contribution in [0.2, 0.25) is 0 Å². The summed E-state index contributed by atoms with van der Waals surface area (Å²) >= 11 is 0. The fourth-order valence-electron chi connectivity index (χ4n) is 2.82. The molecule has 0 radical (unpaired) electrons. The summed E-state index contributed by atoms with van der Waals surface area (Å²) in [5, 5.41) is 3.45. The molecule has 1 nitrogen and oxygen atoms in total. The van der Waals surface area contributed by atoms with Crippen LogP contribution in [0.15, 0.2) is 48.5 Å². The Hall–Kier alpha value is -1.60. The Labute approximate surface area is 129 Å². The summed E-state index contributed by atoms with van der Waals surface area (Å²) < 4.78 is 0. The van der Waals surface area contributed by atoms with E-state index < -0.39 is 0 Å². The standard InChI is InChI=1S/C20H27N/c1-15(2)12-17-8-10-19(11-9-17)20(21-4)14-18-7-5-6-16(3)13-18/h5-11,13,15,20-21H,12,14H2,1-4H3. The third kappa shape index (κ3) is 4.71. The van der Waals surface area contributed by atoms with Gasteiger partial charge in [0, 0.05) is 6.04 Å². The van der Waals surface area contributed by atoms with Crippen molar-refractivity contribution >= 4 is 0 Å². The third-order valence-electron chi connectivity index (χ3n) is 3.90. The number of aryl methyl sites for hydroxylation is 1. The first kappa shape index (κ1) is 15.8. The van der Waals surface area contributed by atoms with Crippen molar-refractivity contribution in [3.05, 3.63) is 70.8 Å². The average Bonchev–Trinajstić information content (AvgIpc) is 2.45. The smallest absolute Gasteiger partial charge is 0.0358 e. The molecule has 0 aliphatic carbocycles. The molecule has 0 aliphatic rings. The first-order valence-electron chi connectivity index (χ1n) is 7.90. The number of rotatable bonds is 6. The summed E-state index contributed by atoms with van der Waals surface area (Å²) in [6.45, 7) is 6.68. The molecular weight excluding hydrogens is 254 g/mol. The topological polar surface area (TPSA) is 12.0 Å². The summed E-state index contributed by atoms with van der Waals surface area (Å²) in [6, 6.07) is 18.2. The van der Waals surface area contributed by atoms with Crippen molar-refractivity contribution in [3.8, 4) is 0 Å². The normalized spacial score (nSPS) is 12.6. The molecule has 0 fully saturated rings. The van der Waals surface area contributed by atoms with Crippen LogP contribution in [0, 0.1) is 12.8 Å². The maximum Gasteiger partial charge on any atom is 0.0358 e. The maximum atomic E-state index is 3.45. The van der Waals surface area contributed by atoms with Gasteiger partial charge in [-0.05, 0) is 49.4 Å². The number of hydrogen-bond donors (Lipinski definition) is 1. The van der Waals surface area contributed by atoms with Gasteiger partial charge in [-0.25, -0.2) is 0 Å². The fraction of sp³-hybridized carbons (Fsp3) is 0.400. The highest BCUT2D eigenvalue weighted by molar-refractivity contribution is 5.29. The molecule has 21 heavy (non-hydrogen) atoms. The minimum Gasteiger partial charge on any atom is -0.313 e. The molecule has 1 heteroatoms. The Morgan fingerprint density at radius 3 is 2.19 bits per heavy atom. The number of hydrogen-bond acceptors (Lipinski definition) is 1. The van der Waals surface area contributed by atoms with E-state index in [1.165, 1.54) is 22.3 Å². The number of benzene rings is 2. The number of nitrogens with one attached hydrogen (secondary N) is 1. The van der Waals surface area contributed by atoms with Crippen molar-refractivity contribution in [3.63, 3.8) is 0 Å². The minimum absolute atomic E-state index is 0.375. The molecule has 2 aromatic rings. The van der Waals surface area contributed by atoms with Gasteiger partial charge in [-0.3, -0.25) is 0 Å². The molecule has 0 aromatic heterocycles. The zero-order chi connectivity index (χ0) is 15.2. The van der Waals surface area contributed by atoms with Crippen LogP contribution in [0.5, 0.6) is 0 Å². The van der Waals surface area contributed by atoms with Gasteiger partial charge in [0.1, 0.15) is 0 Å². The summed E-state index contributed by atoms with van der Waals surface area (Å²) in [5.41, 5.74) is 5.51. The van der Waals surface area contributed by atoms with Gasteiger partial charge >= 0.3 is 0 Å². The Morgan fingerprint density at radius 1 is 0.905 bits per heavy atom. The lowest BCUT2D eigenvalue weighted by atomic mass is 9.95. The highest BCUT2D eigenvalue weighted by Gasteiger charge is 2.10. The van der Waals surface area contributed by atoms with Crippen LogP contribution in [0.25, 0.3) is 0 Å². The van der Waals surface area contributed by atoms with Gasteiger partial charge in [0.05, 0.1) is 0 Å². The van der Waals surface area contributed by atoms with E-state index >= 15 is 0 Å². The predicted molar refractivity (Wildman–Crippen MR) is 91.7 cm³/mol. The van der Waals surface area contributed by atoms with Crippen molar-refractivity contribution < 1.29 is 0 Å². The monoisotopic (exact) mass is 281 g/mol. The Morgan fingerprint density at radius 2 is 1.62 bits per heavy atom. The molecule has 2 rings (SSSR count). The molecule has 0 heterocycles. The van der Waals surface area contributed by atoms with Gasteiger partial charge < -0.3 is 5.32 Å². The Bertz CT molecular complexity index is 554. The lowest BCUT2D eigenvalue weighted by molar-refractivity contribution is 0.591. The van der Waals surface area contributed by atoms with E-state index in [4.69, 9.17) is 0 Å². The van der Waals surface area contributed by atoms with Gasteiger partial charge in [-0.15, -0.1) is 0 Å². The molecular formula is C20H27N. The number of likely N-dealkylation sites (N-methyl/N-ethyl adjacent to an activating group) is 1. The zero-order valence-corrected chi connectivity index (χ0v) is 13.7. The first-order chi connectivity index (χ1) is 10.1. The molecule has 0 bridgehead atoms. The van der Waals surface area contributed by atoms with Crippen LogP contribution >= 0.6 is 0 Å². The van der Waals surface area contributed by atoms with Crippen LogP contribution in [0.3, 0.4) is 0 Å². The summed E-state index contributed by atoms with van der Waals surface area (Å²) in [7, 11) is 2.04. The highest BCUT2D eigenvalue weighted by atomic mass is 14.9. The zero-order valence-electron chi connectivity index (χ0n) is 13.7. The van der Waals surface area contributed by atoms with Gasteiger partial charge in [0.25, 0.3) is 0 Å². The molecule has 0 saturated heterocycles. The van der Waals surface area contributed by atoms with E-state index in [9.17, 15) is 0 Å². The lowest BCUT2D eigenvalue weighted by Crippen LogP contribution is -2.18. The van der Waals surface area contributed by atoms with E-state index in [-0.39, 0.29) is 0 Å². The molecule has 2 aromatic carbocycles. The molecule has 112 valence electrons. The van der Waals surface area contributed by atoms with E-state index in [0.717, 1.165) is 12.8 Å². The van der Waals surface area contributed by atoms with Crippen molar-refractivity contribution in [2.24, 2.45) is 5.92 Å². The highest BCUT2D eigenvalue weighted by Crippen LogP contribution is 2.20. The summed E-state index contributed by atoms with van der Waals surface area (Å²) in [6.07, 6.45) is 2.18. The van der Waals surface area contributed by atoms with E-state index in [1.54, 1.807) is 0 Å². The third-order valence-corrected chi connectivity index (χ3v) is 3.90. The van der Waals surface area contributed by atoms with Crippen molar-refractivity contribution in [2.75, 3.05) is 7.05 Å². The molecule has 0 aliphatic heterocycles. The predicted octanol–water partition coefficient (Wildman–Crippen LogP) is 4.70. The fourth-order valence-corrected chi connectivity index (χ4v) is 2.82. The largest absolute Gasteiger partial charge is 0.313 e. The second-order valence-electron chi connectivity index (χ2n) is 6.37. The molecule has 0 spiro atoms. The van der Waals surface area contributed by atoms with Crippen LogP contribution in [-0.2, 0) is 12.8 Å². The molecule has 1 unspecified atom stereocenters. The van der Waals surface area contributed by atoms with E-state index in [1.807, 2.05) is 7.05 Å². The summed E-state index contributed by atoms with van der Waals surface area (Å²) in [5.74, 6) is 0.711. The van der Waals surface area contributed by atoms with Crippen molar-refractivity contribution in [2.45, 2.75) is 39.7 Å². The van der Waals surface area contributed by atoms with Crippen LogP contribution in [-0.4, -0.2) is 7.05 Å². The SMILES string of the molecule is CNC(Cc1cccc(C)c1)c1ccc(CC(C)C)cc1. The van der Waals surface area contributed by atoms with Gasteiger partial charge in [-0.2, -0.15) is 0 Å². The quantitative estimate of drug-likeness (QED) is 0.809. The van der Waals surface area contributed by atoms with Gasteiger partial charge in [0.15, 0.2) is 0 Å². The Balaban J connectivity index is 2.10. The maximum absolute atomic E-state index is 3.45. The average molecular weight is 281 g/mol. The Kier molecular flexibility index (Phi) is 5.58. The van der Waals surface area contributed by atoms with Gasteiger partial charge in [-0.1, -0.05) is 67.9 Å². The van der Waals surface area contributed by atoms with Crippen LogP contribution in [0.1, 0.15) is 42.1 Å². The van der Waals surface area contributed by atoms with Crippen LogP contribution < -0.4 is 5.32 Å². The molecule has 1 N–H and O–H groups in total. The lowest BCUT2D eigenvalue weighted by Gasteiger charge is -2.18.